The lowest BCUT2D eigenvalue weighted by Gasteiger charge is -2.27. The molecule has 0 radical (unpaired) electrons. The van der Waals surface area contributed by atoms with Crippen LogP contribution in [0.5, 0.6) is 11.5 Å². The minimum absolute atomic E-state index is 0.136. The number of benzene rings is 1. The van der Waals surface area contributed by atoms with Gasteiger partial charge in [0.15, 0.2) is 11.5 Å². The number of hydrogen-bond acceptors (Lipinski definition) is 4. The first-order valence-electron chi connectivity index (χ1n) is 6.10. The van der Waals surface area contributed by atoms with Gasteiger partial charge in [-0.15, -0.1) is 0 Å². The highest BCUT2D eigenvalue weighted by molar-refractivity contribution is 5.44. The van der Waals surface area contributed by atoms with Crippen LogP contribution in [0.25, 0.3) is 0 Å². The van der Waals surface area contributed by atoms with Crippen LogP contribution in [-0.2, 0) is 0 Å². The molecule has 6 heteroatoms. The first-order valence-corrected chi connectivity index (χ1v) is 6.10. The molecule has 2 unspecified atom stereocenters. The molecule has 0 aromatic heterocycles. The van der Waals surface area contributed by atoms with Crippen molar-refractivity contribution >= 4 is 0 Å². The van der Waals surface area contributed by atoms with Gasteiger partial charge in [-0.3, -0.25) is 0 Å². The van der Waals surface area contributed by atoms with E-state index in [0.717, 1.165) is 0 Å². The van der Waals surface area contributed by atoms with Crippen LogP contribution < -0.4 is 9.47 Å². The molecule has 1 aromatic rings. The number of halogens is 2. The first-order chi connectivity index (χ1) is 9.37. The van der Waals surface area contributed by atoms with Gasteiger partial charge in [-0.05, 0) is 31.0 Å². The van der Waals surface area contributed by atoms with E-state index in [-0.39, 0.29) is 11.5 Å². The zero-order valence-corrected chi connectivity index (χ0v) is 11.6. The number of rotatable bonds is 6. The van der Waals surface area contributed by atoms with Gasteiger partial charge in [-0.1, -0.05) is 13.0 Å². The van der Waals surface area contributed by atoms with Gasteiger partial charge < -0.3 is 14.6 Å². The Kier molecular flexibility index (Phi) is 5.28. The summed E-state index contributed by atoms with van der Waals surface area (Å²) in [7, 11) is 1.33. The molecular formula is C14H17F2NO3. The maximum absolute atomic E-state index is 12.3. The number of nitrogens with zero attached hydrogens (tertiary/aromatic N) is 1. The predicted molar refractivity (Wildman–Crippen MR) is 68.6 cm³/mol. The SMILES string of the molecule is CCC(C)(C#N)C(O)c1ccc(OC)c(OC(F)F)c1. The van der Waals surface area contributed by atoms with Gasteiger partial charge in [0.05, 0.1) is 24.7 Å². The molecule has 0 saturated carbocycles. The molecule has 20 heavy (non-hydrogen) atoms. The number of nitriles is 1. The van der Waals surface area contributed by atoms with Crippen LogP contribution in [0.15, 0.2) is 18.2 Å². The summed E-state index contributed by atoms with van der Waals surface area (Å²) in [6, 6.07) is 6.25. The Bertz CT molecular complexity index is 502. The average molecular weight is 285 g/mol. The average Bonchev–Trinajstić information content (AvgIpc) is 2.45. The molecule has 1 aromatic carbocycles. The van der Waals surface area contributed by atoms with E-state index in [4.69, 9.17) is 10.00 Å². The van der Waals surface area contributed by atoms with E-state index >= 15 is 0 Å². The summed E-state index contributed by atoms with van der Waals surface area (Å²) in [6.07, 6.45) is -0.690. The van der Waals surface area contributed by atoms with Gasteiger partial charge in [-0.25, -0.2) is 0 Å². The monoisotopic (exact) mass is 285 g/mol. The summed E-state index contributed by atoms with van der Waals surface area (Å²) in [5.74, 6) is -0.0353. The van der Waals surface area contributed by atoms with Crippen molar-refractivity contribution < 1.29 is 23.4 Å². The second-order valence-electron chi connectivity index (χ2n) is 4.57. The molecule has 0 saturated heterocycles. The Morgan fingerprint density at radius 3 is 2.50 bits per heavy atom. The topological polar surface area (TPSA) is 62.5 Å². The largest absolute Gasteiger partial charge is 0.493 e. The lowest BCUT2D eigenvalue weighted by Crippen LogP contribution is -2.23. The van der Waals surface area contributed by atoms with Gasteiger partial charge in [-0.2, -0.15) is 14.0 Å². The van der Waals surface area contributed by atoms with Crippen molar-refractivity contribution in [2.24, 2.45) is 5.41 Å². The Labute approximate surface area is 116 Å². The van der Waals surface area contributed by atoms with Crippen LogP contribution in [0.4, 0.5) is 8.78 Å². The molecule has 0 spiro atoms. The standard InChI is InChI=1S/C14H17F2NO3/c1-4-14(2,8-17)12(18)9-5-6-10(19-3)11(7-9)20-13(15)16/h5-7,12-13,18H,4H2,1-3H3. The second kappa shape index (κ2) is 6.53. The third-order valence-electron chi connectivity index (χ3n) is 3.31. The summed E-state index contributed by atoms with van der Waals surface area (Å²) < 4.78 is 34.0. The van der Waals surface area contributed by atoms with E-state index in [1.54, 1.807) is 13.8 Å². The molecule has 0 aliphatic rings. The van der Waals surface area contributed by atoms with Gasteiger partial charge >= 0.3 is 6.61 Å². The summed E-state index contributed by atoms with van der Waals surface area (Å²) in [5, 5.41) is 19.4. The number of alkyl halides is 2. The highest BCUT2D eigenvalue weighted by atomic mass is 19.3. The number of methoxy groups -OCH3 is 1. The van der Waals surface area contributed by atoms with Crippen molar-refractivity contribution in [3.63, 3.8) is 0 Å². The van der Waals surface area contributed by atoms with E-state index in [1.165, 1.54) is 25.3 Å². The van der Waals surface area contributed by atoms with E-state index in [1.807, 2.05) is 6.07 Å². The summed E-state index contributed by atoms with van der Waals surface area (Å²) in [4.78, 5) is 0. The molecule has 1 N–H and O–H groups in total. The number of ether oxygens (including phenoxy) is 2. The van der Waals surface area contributed by atoms with Crippen LogP contribution >= 0.6 is 0 Å². The maximum Gasteiger partial charge on any atom is 0.387 e. The minimum atomic E-state index is -3.00. The fraction of sp³-hybridized carbons (Fsp3) is 0.500. The maximum atomic E-state index is 12.3. The molecular weight excluding hydrogens is 268 g/mol. The number of aliphatic hydroxyl groups is 1. The molecule has 110 valence electrons. The summed E-state index contributed by atoms with van der Waals surface area (Å²) in [6.45, 7) is 0.382. The van der Waals surface area contributed by atoms with Gasteiger partial charge in [0, 0.05) is 0 Å². The molecule has 0 bridgehead atoms. The predicted octanol–water partition coefficient (Wildman–Crippen LogP) is 3.27. The number of aliphatic hydroxyl groups excluding tert-OH is 1. The third-order valence-corrected chi connectivity index (χ3v) is 3.31. The van der Waals surface area contributed by atoms with Gasteiger partial charge in [0.25, 0.3) is 0 Å². The molecule has 2 atom stereocenters. The van der Waals surface area contributed by atoms with Gasteiger partial charge in [0.2, 0.25) is 0 Å². The van der Waals surface area contributed by atoms with Crippen molar-refractivity contribution in [2.45, 2.75) is 33.0 Å². The molecule has 1 rings (SSSR count). The second-order valence-corrected chi connectivity index (χ2v) is 4.57. The van der Waals surface area contributed by atoms with Crippen molar-refractivity contribution in [3.05, 3.63) is 23.8 Å². The molecule has 0 amide bonds. The normalized spacial score (nSPS) is 15.3. The van der Waals surface area contributed by atoms with Crippen LogP contribution in [0.3, 0.4) is 0 Å². The van der Waals surface area contributed by atoms with Crippen LogP contribution in [0, 0.1) is 16.7 Å². The fourth-order valence-electron chi connectivity index (χ4n) is 1.75. The molecule has 0 aliphatic heterocycles. The van der Waals surface area contributed by atoms with E-state index in [9.17, 15) is 13.9 Å². The lowest BCUT2D eigenvalue weighted by molar-refractivity contribution is -0.0514. The quantitative estimate of drug-likeness (QED) is 0.871. The lowest BCUT2D eigenvalue weighted by atomic mass is 9.80. The van der Waals surface area contributed by atoms with Crippen molar-refractivity contribution in [2.75, 3.05) is 7.11 Å². The minimum Gasteiger partial charge on any atom is -0.493 e. The highest BCUT2D eigenvalue weighted by Gasteiger charge is 2.33. The molecule has 0 heterocycles. The van der Waals surface area contributed by atoms with Crippen LogP contribution in [0.1, 0.15) is 31.9 Å². The first kappa shape index (κ1) is 16.2. The van der Waals surface area contributed by atoms with E-state index in [0.29, 0.717) is 12.0 Å². The Morgan fingerprint density at radius 1 is 1.40 bits per heavy atom. The van der Waals surface area contributed by atoms with Crippen LogP contribution in [0.2, 0.25) is 0 Å². The fourth-order valence-corrected chi connectivity index (χ4v) is 1.75. The Morgan fingerprint density at radius 2 is 2.05 bits per heavy atom. The summed E-state index contributed by atoms with van der Waals surface area (Å²) in [5.41, 5.74) is -0.677. The zero-order chi connectivity index (χ0) is 15.3. The van der Waals surface area contributed by atoms with E-state index in [2.05, 4.69) is 4.74 Å². The molecule has 0 aliphatic carbocycles. The smallest absolute Gasteiger partial charge is 0.387 e. The molecule has 4 nitrogen and oxygen atoms in total. The highest BCUT2D eigenvalue weighted by Crippen LogP contribution is 2.39. The third kappa shape index (κ3) is 3.36. The summed E-state index contributed by atoms with van der Waals surface area (Å²) >= 11 is 0. The van der Waals surface area contributed by atoms with Crippen LogP contribution in [-0.4, -0.2) is 18.8 Å². The Hall–Kier alpha value is -1.87. The number of hydrogen-bond donors (Lipinski definition) is 1. The Balaban J connectivity index is 3.17. The van der Waals surface area contributed by atoms with E-state index < -0.39 is 18.1 Å². The van der Waals surface area contributed by atoms with Crippen molar-refractivity contribution in [1.82, 2.24) is 0 Å². The molecule has 0 fully saturated rings. The van der Waals surface area contributed by atoms with Crippen molar-refractivity contribution in [3.8, 4) is 17.6 Å². The zero-order valence-electron chi connectivity index (χ0n) is 11.6. The van der Waals surface area contributed by atoms with Gasteiger partial charge in [0.1, 0.15) is 0 Å². The van der Waals surface area contributed by atoms with Crippen molar-refractivity contribution in [1.29, 1.82) is 5.26 Å².